The van der Waals surface area contributed by atoms with E-state index in [1.165, 1.54) is 0 Å². The molecule has 1 fully saturated rings. The van der Waals surface area contributed by atoms with Crippen molar-refractivity contribution in [1.29, 1.82) is 0 Å². The second-order valence-corrected chi connectivity index (χ2v) is 6.49. The number of thiophene rings is 1. The van der Waals surface area contributed by atoms with Gasteiger partial charge in [0.05, 0.1) is 19.1 Å². The van der Waals surface area contributed by atoms with Crippen LogP contribution in [0.1, 0.15) is 18.2 Å². The molecule has 2 heterocycles. The molecule has 1 aromatic rings. The van der Waals surface area contributed by atoms with Gasteiger partial charge < -0.3 is 10.1 Å². The van der Waals surface area contributed by atoms with Gasteiger partial charge in [-0.1, -0.05) is 6.92 Å². The SMILES string of the molecule is CCCNC1COCC1C(=O)Cc1cc(Br)cs1. The number of carbonyl (C=O) groups is 1. The lowest BCUT2D eigenvalue weighted by atomic mass is 9.96. The summed E-state index contributed by atoms with van der Waals surface area (Å²) < 4.78 is 6.50. The van der Waals surface area contributed by atoms with Gasteiger partial charge in [-0.05, 0) is 35.0 Å². The van der Waals surface area contributed by atoms with Crippen molar-refractivity contribution in [3.05, 3.63) is 20.8 Å². The summed E-state index contributed by atoms with van der Waals surface area (Å²) in [6.07, 6.45) is 1.60. The topological polar surface area (TPSA) is 38.3 Å². The van der Waals surface area contributed by atoms with E-state index in [0.717, 1.165) is 22.3 Å². The molecule has 18 heavy (non-hydrogen) atoms. The van der Waals surface area contributed by atoms with Gasteiger partial charge >= 0.3 is 0 Å². The van der Waals surface area contributed by atoms with E-state index in [9.17, 15) is 4.79 Å². The van der Waals surface area contributed by atoms with Crippen LogP contribution in [0, 0.1) is 5.92 Å². The van der Waals surface area contributed by atoms with Gasteiger partial charge in [0.25, 0.3) is 0 Å². The van der Waals surface area contributed by atoms with Gasteiger partial charge in [0, 0.05) is 27.2 Å². The Morgan fingerprint density at radius 1 is 1.61 bits per heavy atom. The van der Waals surface area contributed by atoms with Gasteiger partial charge in [0.15, 0.2) is 0 Å². The van der Waals surface area contributed by atoms with Crippen molar-refractivity contribution in [3.63, 3.8) is 0 Å². The molecule has 1 aliphatic heterocycles. The molecule has 100 valence electrons. The zero-order chi connectivity index (χ0) is 13.0. The Labute approximate surface area is 120 Å². The molecule has 0 saturated carbocycles. The maximum absolute atomic E-state index is 12.3. The third kappa shape index (κ3) is 3.63. The summed E-state index contributed by atoms with van der Waals surface area (Å²) in [5, 5.41) is 5.42. The molecule has 0 spiro atoms. The summed E-state index contributed by atoms with van der Waals surface area (Å²) in [6, 6.07) is 2.22. The Morgan fingerprint density at radius 3 is 3.11 bits per heavy atom. The molecule has 2 rings (SSSR count). The monoisotopic (exact) mass is 331 g/mol. The van der Waals surface area contributed by atoms with Crippen LogP contribution in [-0.2, 0) is 16.0 Å². The lowest BCUT2D eigenvalue weighted by Crippen LogP contribution is -2.40. The zero-order valence-corrected chi connectivity index (χ0v) is 12.9. The number of rotatable bonds is 6. The number of ketones is 1. The second-order valence-electron chi connectivity index (χ2n) is 4.58. The summed E-state index contributed by atoms with van der Waals surface area (Å²) in [5.41, 5.74) is 0. The zero-order valence-electron chi connectivity index (χ0n) is 10.4. The van der Waals surface area contributed by atoms with Gasteiger partial charge in [-0.2, -0.15) is 0 Å². The minimum atomic E-state index is 0.0115. The van der Waals surface area contributed by atoms with Gasteiger partial charge in [-0.15, -0.1) is 11.3 Å². The fourth-order valence-electron chi connectivity index (χ4n) is 2.15. The van der Waals surface area contributed by atoms with Crippen LogP contribution in [0.25, 0.3) is 0 Å². The van der Waals surface area contributed by atoms with Crippen LogP contribution in [0.5, 0.6) is 0 Å². The molecule has 0 aromatic carbocycles. The van der Waals surface area contributed by atoms with Crippen LogP contribution in [0.2, 0.25) is 0 Å². The van der Waals surface area contributed by atoms with Crippen molar-refractivity contribution in [2.45, 2.75) is 25.8 Å². The highest BCUT2D eigenvalue weighted by atomic mass is 79.9. The Morgan fingerprint density at radius 2 is 2.44 bits per heavy atom. The van der Waals surface area contributed by atoms with Crippen LogP contribution >= 0.6 is 27.3 Å². The van der Waals surface area contributed by atoms with Crippen LogP contribution < -0.4 is 5.32 Å². The van der Waals surface area contributed by atoms with Gasteiger partial charge in [0.1, 0.15) is 5.78 Å². The average Bonchev–Trinajstić information content (AvgIpc) is 2.95. The molecule has 5 heteroatoms. The Balaban J connectivity index is 1.91. The van der Waals surface area contributed by atoms with Crippen molar-refractivity contribution in [2.24, 2.45) is 5.92 Å². The van der Waals surface area contributed by atoms with E-state index in [0.29, 0.717) is 19.6 Å². The first-order valence-electron chi connectivity index (χ1n) is 6.27. The fourth-order valence-corrected chi connectivity index (χ4v) is 3.61. The molecule has 2 atom stereocenters. The maximum atomic E-state index is 12.3. The first kappa shape index (κ1) is 14.2. The van der Waals surface area contributed by atoms with Crippen molar-refractivity contribution >= 4 is 33.0 Å². The van der Waals surface area contributed by atoms with E-state index in [-0.39, 0.29) is 17.7 Å². The van der Waals surface area contributed by atoms with E-state index >= 15 is 0 Å². The molecular weight excluding hydrogens is 314 g/mol. The molecule has 0 bridgehead atoms. The highest BCUT2D eigenvalue weighted by Gasteiger charge is 2.33. The van der Waals surface area contributed by atoms with E-state index < -0.39 is 0 Å². The predicted molar refractivity (Wildman–Crippen MR) is 77.1 cm³/mol. The lowest BCUT2D eigenvalue weighted by molar-refractivity contribution is -0.122. The number of nitrogens with one attached hydrogen (secondary N) is 1. The Hall–Kier alpha value is -0.230. The van der Waals surface area contributed by atoms with E-state index in [1.54, 1.807) is 11.3 Å². The smallest absolute Gasteiger partial charge is 0.145 e. The first-order valence-corrected chi connectivity index (χ1v) is 7.94. The maximum Gasteiger partial charge on any atom is 0.145 e. The van der Waals surface area contributed by atoms with Crippen LogP contribution in [0.4, 0.5) is 0 Å². The second kappa shape index (κ2) is 6.80. The van der Waals surface area contributed by atoms with Crippen LogP contribution in [0.3, 0.4) is 0 Å². The predicted octanol–water partition coefficient (Wildman–Crippen LogP) is 2.64. The normalized spacial score (nSPS) is 23.4. The van der Waals surface area contributed by atoms with E-state index in [2.05, 4.69) is 28.2 Å². The number of hydrogen-bond donors (Lipinski definition) is 1. The summed E-state index contributed by atoms with van der Waals surface area (Å²) >= 11 is 5.04. The Kier molecular flexibility index (Phi) is 5.36. The molecule has 0 radical (unpaired) electrons. The standard InChI is InChI=1S/C13H18BrNO2S/c1-2-3-15-12-7-17-6-11(12)13(16)5-10-4-9(14)8-18-10/h4,8,11-12,15H,2-3,5-7H2,1H3. The molecule has 2 unspecified atom stereocenters. The third-order valence-corrected chi connectivity index (χ3v) is 4.82. The first-order chi connectivity index (χ1) is 8.70. The molecule has 1 aromatic heterocycles. The van der Waals surface area contributed by atoms with Gasteiger partial charge in [-0.3, -0.25) is 4.79 Å². The molecular formula is C13H18BrNO2S. The van der Waals surface area contributed by atoms with Crippen LogP contribution in [-0.4, -0.2) is 31.6 Å². The minimum Gasteiger partial charge on any atom is -0.379 e. The van der Waals surface area contributed by atoms with Gasteiger partial charge in [0.2, 0.25) is 0 Å². The van der Waals surface area contributed by atoms with Crippen molar-refractivity contribution < 1.29 is 9.53 Å². The summed E-state index contributed by atoms with van der Waals surface area (Å²) in [5.74, 6) is 0.299. The third-order valence-electron chi connectivity index (χ3n) is 3.12. The lowest BCUT2D eigenvalue weighted by Gasteiger charge is -2.17. The fraction of sp³-hybridized carbons (Fsp3) is 0.615. The van der Waals surface area contributed by atoms with Crippen molar-refractivity contribution in [1.82, 2.24) is 5.32 Å². The van der Waals surface area contributed by atoms with Crippen molar-refractivity contribution in [3.8, 4) is 0 Å². The van der Waals surface area contributed by atoms with Gasteiger partial charge in [-0.25, -0.2) is 0 Å². The molecule has 0 amide bonds. The van der Waals surface area contributed by atoms with E-state index in [4.69, 9.17) is 4.74 Å². The summed E-state index contributed by atoms with van der Waals surface area (Å²) in [7, 11) is 0. The van der Waals surface area contributed by atoms with E-state index in [1.807, 2.05) is 11.4 Å². The largest absolute Gasteiger partial charge is 0.379 e. The van der Waals surface area contributed by atoms with Crippen molar-refractivity contribution in [2.75, 3.05) is 19.8 Å². The number of carbonyl (C=O) groups excluding carboxylic acids is 1. The summed E-state index contributed by atoms with van der Waals surface area (Å²) in [6.45, 7) is 4.29. The number of ether oxygens (including phenoxy) is 1. The number of hydrogen-bond acceptors (Lipinski definition) is 4. The highest BCUT2D eigenvalue weighted by Crippen LogP contribution is 2.23. The molecule has 0 aliphatic carbocycles. The highest BCUT2D eigenvalue weighted by molar-refractivity contribution is 9.10. The van der Waals surface area contributed by atoms with Crippen LogP contribution in [0.15, 0.2) is 15.9 Å². The quantitative estimate of drug-likeness (QED) is 0.870. The Bertz CT molecular complexity index is 407. The summed E-state index contributed by atoms with van der Waals surface area (Å²) in [4.78, 5) is 13.4. The number of Topliss-reactive ketones (excluding diaryl/α,β-unsaturated/α-hetero) is 1. The molecule has 1 N–H and O–H groups in total. The molecule has 1 aliphatic rings. The molecule has 1 saturated heterocycles. The number of halogens is 1. The molecule has 3 nitrogen and oxygen atoms in total. The minimum absolute atomic E-state index is 0.0115. The average molecular weight is 332 g/mol.